The number of sulfonamides is 1. The Balaban J connectivity index is 1.17. The Morgan fingerprint density at radius 2 is 1.77 bits per heavy atom. The van der Waals surface area contributed by atoms with Crippen LogP contribution in [0.15, 0.2) is 92.0 Å². The number of carboxylic acid groups (broad SMARTS) is 1. The number of carbonyl (C=O) groups is 4. The second kappa shape index (κ2) is 15.0. The van der Waals surface area contributed by atoms with Gasteiger partial charge in [0.15, 0.2) is 4.34 Å². The van der Waals surface area contributed by atoms with Crippen LogP contribution in [-0.4, -0.2) is 98.6 Å². The van der Waals surface area contributed by atoms with Crippen LogP contribution in [0.5, 0.6) is 0 Å². The molecule has 0 spiro atoms. The molecule has 19 heteroatoms. The zero-order chi connectivity index (χ0) is 37.3. The summed E-state index contributed by atoms with van der Waals surface area (Å²) in [5.74, 6) is -2.84. The number of nitrogens with one attached hydrogen (secondary N) is 3. The molecule has 1 unspecified atom stereocenters. The topological polar surface area (TPSA) is 212 Å². The van der Waals surface area contributed by atoms with Crippen molar-refractivity contribution in [1.29, 1.82) is 0 Å². The standard InChI is InChI=1S/C33H31N7O8S4/c1-17-37-38-33(51-17)50-16-20-15-49-31-25(30(44)40(31)26(20)32(45)46)36-29(43)24(19-7-5-4-6-8-19)35-28(42)22-13-14-23(34-27(22)41)18-9-11-21(12-10-18)52(47,48)39(2)3/h4-14,24-25,31H,15-16H2,1-3H3,(H,34,41)(H,35,42)(H,36,43)(H,45,46)/t24-,25?,31-/m1/s1. The molecule has 3 amide bonds. The third-order valence-electron chi connectivity index (χ3n) is 8.19. The molecule has 0 saturated carbocycles. The van der Waals surface area contributed by atoms with Gasteiger partial charge in [0, 0.05) is 31.3 Å². The minimum atomic E-state index is -3.65. The van der Waals surface area contributed by atoms with Crippen LogP contribution in [0.1, 0.15) is 27.0 Å². The van der Waals surface area contributed by atoms with Gasteiger partial charge in [-0.05, 0) is 47.9 Å². The van der Waals surface area contributed by atoms with Crippen LogP contribution in [0.2, 0.25) is 0 Å². The van der Waals surface area contributed by atoms with Crippen LogP contribution in [0.3, 0.4) is 0 Å². The quantitative estimate of drug-likeness (QED) is 0.121. The molecule has 52 heavy (non-hydrogen) atoms. The number of aliphatic carboxylic acids is 1. The van der Waals surface area contributed by atoms with Crippen LogP contribution in [0.25, 0.3) is 11.3 Å². The number of carbonyl (C=O) groups excluding carboxylic acids is 3. The fourth-order valence-electron chi connectivity index (χ4n) is 5.51. The van der Waals surface area contributed by atoms with Crippen molar-refractivity contribution in [3.63, 3.8) is 0 Å². The van der Waals surface area contributed by atoms with E-state index in [1.54, 1.807) is 30.3 Å². The van der Waals surface area contributed by atoms with Crippen LogP contribution < -0.4 is 16.2 Å². The predicted octanol–water partition coefficient (Wildman–Crippen LogP) is 2.45. The third kappa shape index (κ3) is 7.40. The number of aromatic nitrogens is 3. The van der Waals surface area contributed by atoms with Gasteiger partial charge >= 0.3 is 5.97 Å². The zero-order valence-electron chi connectivity index (χ0n) is 27.7. The molecule has 2 aliphatic rings. The van der Waals surface area contributed by atoms with Crippen molar-refractivity contribution in [3.8, 4) is 11.3 Å². The van der Waals surface area contributed by atoms with E-state index in [1.165, 1.54) is 90.3 Å². The van der Waals surface area contributed by atoms with Gasteiger partial charge in [-0.25, -0.2) is 17.5 Å². The summed E-state index contributed by atoms with van der Waals surface area (Å²) in [5, 5.41) is 23.5. The van der Waals surface area contributed by atoms with Crippen molar-refractivity contribution >= 4 is 68.6 Å². The average molecular weight is 782 g/mol. The summed E-state index contributed by atoms with van der Waals surface area (Å²) in [5.41, 5.74) is 0.593. The maximum absolute atomic E-state index is 13.8. The molecule has 2 aromatic heterocycles. The normalized spacial score (nSPS) is 17.7. The highest BCUT2D eigenvalue weighted by Crippen LogP contribution is 2.42. The van der Waals surface area contributed by atoms with Crippen LogP contribution in [0, 0.1) is 6.92 Å². The van der Waals surface area contributed by atoms with E-state index in [9.17, 15) is 37.5 Å². The van der Waals surface area contributed by atoms with Crippen molar-refractivity contribution in [2.75, 3.05) is 25.6 Å². The number of hydrogen-bond donors (Lipinski definition) is 4. The number of H-pyrrole nitrogens is 1. The maximum atomic E-state index is 13.8. The number of rotatable bonds is 12. The van der Waals surface area contributed by atoms with Gasteiger partial charge in [-0.1, -0.05) is 65.6 Å². The maximum Gasteiger partial charge on any atom is 0.352 e. The lowest BCUT2D eigenvalue weighted by molar-refractivity contribution is -0.151. The van der Waals surface area contributed by atoms with Crippen LogP contribution in [-0.2, 0) is 24.4 Å². The summed E-state index contributed by atoms with van der Waals surface area (Å²) >= 11 is 4.03. The molecular weight excluding hydrogens is 751 g/mol. The van der Waals surface area contributed by atoms with E-state index in [0.717, 1.165) is 9.31 Å². The second-order valence-corrected chi connectivity index (χ2v) is 17.4. The lowest BCUT2D eigenvalue weighted by atomic mass is 10.0. The molecule has 1 saturated heterocycles. The number of hydrogen-bond acceptors (Lipinski definition) is 12. The van der Waals surface area contributed by atoms with E-state index in [1.807, 2.05) is 6.92 Å². The van der Waals surface area contributed by atoms with Crippen LogP contribution >= 0.6 is 34.9 Å². The number of pyridine rings is 1. The summed E-state index contributed by atoms with van der Waals surface area (Å²) in [6.45, 7) is 1.82. The SMILES string of the molecule is Cc1nnc(SCC2=C(C(=O)O)N3C(=O)C(NC(=O)[C@H](NC(=O)c4ccc(-c5ccc(S(=O)(=O)N(C)C)cc5)[nH]c4=O)c4ccccc4)[C@H]3SC2)s1. The zero-order valence-corrected chi connectivity index (χ0v) is 31.0. The highest BCUT2D eigenvalue weighted by molar-refractivity contribution is 8.01. The van der Waals surface area contributed by atoms with Gasteiger partial charge in [0.25, 0.3) is 17.4 Å². The minimum Gasteiger partial charge on any atom is -0.477 e. The number of benzene rings is 2. The number of amides is 3. The molecule has 0 aliphatic carbocycles. The van der Waals surface area contributed by atoms with Gasteiger partial charge in [0.1, 0.15) is 33.7 Å². The van der Waals surface area contributed by atoms with E-state index in [2.05, 4.69) is 25.8 Å². The average Bonchev–Trinajstić information content (AvgIpc) is 3.56. The Hall–Kier alpha value is -4.82. The summed E-state index contributed by atoms with van der Waals surface area (Å²) < 4.78 is 26.6. The first-order valence-electron chi connectivity index (χ1n) is 15.5. The highest BCUT2D eigenvalue weighted by atomic mass is 32.2. The van der Waals surface area contributed by atoms with Gasteiger partial charge in [-0.15, -0.1) is 22.0 Å². The van der Waals surface area contributed by atoms with Crippen molar-refractivity contribution in [2.24, 2.45) is 0 Å². The fraction of sp³-hybridized carbons (Fsp3) is 0.242. The van der Waals surface area contributed by atoms with Gasteiger partial charge in [-0.2, -0.15) is 0 Å². The van der Waals surface area contributed by atoms with E-state index in [0.29, 0.717) is 38.2 Å². The summed E-state index contributed by atoms with van der Waals surface area (Å²) in [6, 6.07) is 14.5. The lowest BCUT2D eigenvalue weighted by Gasteiger charge is -2.49. The van der Waals surface area contributed by atoms with E-state index in [-0.39, 0.29) is 16.2 Å². The van der Waals surface area contributed by atoms with Crippen LogP contribution in [0.4, 0.5) is 0 Å². The molecule has 270 valence electrons. The number of thioether (sulfide) groups is 2. The van der Waals surface area contributed by atoms with Crippen molar-refractivity contribution in [2.45, 2.75) is 33.6 Å². The Bertz CT molecular complexity index is 2260. The first-order chi connectivity index (χ1) is 24.8. The number of nitrogens with zero attached hydrogens (tertiary/aromatic N) is 4. The number of carboxylic acids is 1. The van der Waals surface area contributed by atoms with Gasteiger partial charge in [0.05, 0.1) is 4.90 Å². The molecule has 6 rings (SSSR count). The monoisotopic (exact) mass is 781 g/mol. The third-order valence-corrected chi connectivity index (χ3v) is 13.4. The molecule has 2 aliphatic heterocycles. The van der Waals surface area contributed by atoms with Crippen molar-refractivity contribution in [1.82, 2.24) is 35.0 Å². The summed E-state index contributed by atoms with van der Waals surface area (Å²) in [7, 11) is -0.817. The molecule has 0 radical (unpaired) electrons. The first-order valence-corrected chi connectivity index (χ1v) is 19.8. The Kier molecular flexibility index (Phi) is 10.7. The predicted molar refractivity (Wildman–Crippen MR) is 195 cm³/mol. The Labute approximate surface area is 310 Å². The van der Waals surface area contributed by atoms with Gasteiger partial charge < -0.3 is 20.7 Å². The smallest absolute Gasteiger partial charge is 0.352 e. The number of β-lactam (4-membered cyclic amide) rings is 1. The molecule has 1 fully saturated rings. The largest absolute Gasteiger partial charge is 0.477 e. The van der Waals surface area contributed by atoms with Crippen molar-refractivity contribution in [3.05, 3.63) is 104 Å². The summed E-state index contributed by atoms with van der Waals surface area (Å²) in [6.07, 6.45) is 0. The van der Waals surface area contributed by atoms with Gasteiger partial charge in [0.2, 0.25) is 15.9 Å². The Morgan fingerprint density at radius 1 is 1.06 bits per heavy atom. The molecule has 4 aromatic rings. The van der Waals surface area contributed by atoms with E-state index >= 15 is 0 Å². The number of aryl methyl sites for hydroxylation is 1. The molecule has 2 aromatic carbocycles. The highest BCUT2D eigenvalue weighted by Gasteiger charge is 2.54. The molecule has 4 heterocycles. The fourth-order valence-corrected chi connectivity index (χ4v) is 9.71. The van der Waals surface area contributed by atoms with Gasteiger partial charge in [-0.3, -0.25) is 24.1 Å². The first kappa shape index (κ1) is 37.0. The van der Waals surface area contributed by atoms with Crippen molar-refractivity contribution < 1.29 is 32.7 Å². The number of aromatic amines is 1. The summed E-state index contributed by atoms with van der Waals surface area (Å²) in [4.78, 5) is 69.9. The minimum absolute atomic E-state index is 0.0708. The van der Waals surface area contributed by atoms with E-state index in [4.69, 9.17) is 0 Å². The molecule has 15 nitrogen and oxygen atoms in total. The second-order valence-electron chi connectivity index (χ2n) is 11.8. The lowest BCUT2D eigenvalue weighted by Crippen LogP contribution is -2.71. The molecule has 4 N–H and O–H groups in total. The molecule has 3 atom stereocenters. The van der Waals surface area contributed by atoms with E-state index < -0.39 is 56.7 Å². The molecule has 0 bridgehead atoms. The molecular formula is C33H31N7O8S4. The number of fused-ring (bicyclic) bond motifs is 1. The Morgan fingerprint density at radius 3 is 2.38 bits per heavy atom.